The topological polar surface area (TPSA) is 72.7 Å². The molecule has 0 saturated carbocycles. The second-order valence-corrected chi connectivity index (χ2v) is 4.95. The van der Waals surface area contributed by atoms with Crippen LogP contribution in [0.1, 0.15) is 27.9 Å². The molecule has 2 heterocycles. The first-order chi connectivity index (χ1) is 11.1. The lowest BCUT2D eigenvalue weighted by molar-refractivity contribution is 0.0935. The minimum Gasteiger partial charge on any atom is -0.337 e. The number of hydrogen-bond donors (Lipinski definition) is 1. The average Bonchev–Trinajstić information content (AvgIpc) is 2.99. The van der Waals surface area contributed by atoms with Crippen molar-refractivity contribution >= 4 is 5.91 Å². The quantitative estimate of drug-likeness (QED) is 0.798. The van der Waals surface area contributed by atoms with E-state index in [1.807, 2.05) is 7.05 Å². The summed E-state index contributed by atoms with van der Waals surface area (Å²) in [6.07, 6.45) is 7.68. The molecule has 0 aliphatic carbocycles. The number of rotatable bonds is 4. The van der Waals surface area contributed by atoms with Crippen molar-refractivity contribution < 1.29 is 9.18 Å². The minimum atomic E-state index is -0.597. The third kappa shape index (κ3) is 3.23. The van der Waals surface area contributed by atoms with Gasteiger partial charge < -0.3 is 9.88 Å². The first-order valence-electron chi connectivity index (χ1n) is 6.94. The van der Waals surface area contributed by atoms with Crippen LogP contribution in [-0.2, 0) is 7.05 Å². The Morgan fingerprint density at radius 1 is 1.26 bits per heavy atom. The van der Waals surface area contributed by atoms with E-state index < -0.39 is 11.9 Å². The molecule has 0 unspecified atom stereocenters. The highest BCUT2D eigenvalue weighted by Gasteiger charge is 2.22. The summed E-state index contributed by atoms with van der Waals surface area (Å²) < 4.78 is 15.3. The molecule has 2 aromatic heterocycles. The van der Waals surface area contributed by atoms with Gasteiger partial charge in [0, 0.05) is 31.8 Å². The normalized spacial score (nSPS) is 11.9. The maximum atomic E-state index is 13.6. The summed E-state index contributed by atoms with van der Waals surface area (Å²) in [6, 6.07) is 5.45. The number of aryl methyl sites for hydroxylation is 1. The summed E-state index contributed by atoms with van der Waals surface area (Å²) in [5.41, 5.74) is 0.777. The summed E-state index contributed by atoms with van der Waals surface area (Å²) in [5, 5.41) is 2.83. The molecule has 6 nitrogen and oxygen atoms in total. The highest BCUT2D eigenvalue weighted by molar-refractivity contribution is 5.92. The van der Waals surface area contributed by atoms with Crippen molar-refractivity contribution in [2.45, 2.75) is 6.04 Å². The fourth-order valence-corrected chi connectivity index (χ4v) is 2.26. The number of benzene rings is 1. The maximum Gasteiger partial charge on any atom is 0.272 e. The SMILES string of the molecule is Cn1ccnc1[C@H](NC(=O)c1cnccn1)c1cccc(F)c1. The van der Waals surface area contributed by atoms with Gasteiger partial charge in [0.2, 0.25) is 0 Å². The van der Waals surface area contributed by atoms with E-state index in [1.165, 1.54) is 30.7 Å². The van der Waals surface area contributed by atoms with Gasteiger partial charge in [0.05, 0.1) is 6.20 Å². The van der Waals surface area contributed by atoms with Crippen LogP contribution in [-0.4, -0.2) is 25.4 Å². The number of carbonyl (C=O) groups excluding carboxylic acids is 1. The Bertz CT molecular complexity index is 818. The summed E-state index contributed by atoms with van der Waals surface area (Å²) in [5.74, 6) is -0.196. The Morgan fingerprint density at radius 3 is 2.78 bits per heavy atom. The Hall–Kier alpha value is -3.09. The Labute approximate surface area is 132 Å². The van der Waals surface area contributed by atoms with Gasteiger partial charge in [-0.05, 0) is 17.7 Å². The smallest absolute Gasteiger partial charge is 0.272 e. The second-order valence-electron chi connectivity index (χ2n) is 4.95. The van der Waals surface area contributed by atoms with Crippen molar-refractivity contribution in [3.05, 3.63) is 78.1 Å². The second kappa shape index (κ2) is 6.35. The van der Waals surface area contributed by atoms with E-state index in [-0.39, 0.29) is 11.5 Å². The molecule has 3 rings (SSSR count). The Kier molecular flexibility index (Phi) is 4.09. The molecule has 0 bridgehead atoms. The lowest BCUT2D eigenvalue weighted by atomic mass is 10.1. The lowest BCUT2D eigenvalue weighted by Crippen LogP contribution is -2.31. The van der Waals surface area contributed by atoms with Crippen LogP contribution >= 0.6 is 0 Å². The van der Waals surface area contributed by atoms with Crippen LogP contribution in [0, 0.1) is 5.82 Å². The standard InChI is InChI=1S/C16H14FN5O/c1-22-8-7-20-15(22)14(11-3-2-4-12(17)9-11)21-16(23)13-10-18-5-6-19-13/h2-10,14H,1H3,(H,21,23)/t14-/m1/s1. The number of imidazole rings is 1. The molecule has 0 aliphatic heterocycles. The molecule has 0 fully saturated rings. The molecule has 0 saturated heterocycles. The van der Waals surface area contributed by atoms with Crippen LogP contribution in [0.15, 0.2) is 55.2 Å². The number of hydrogen-bond acceptors (Lipinski definition) is 4. The predicted octanol–water partition coefficient (Wildman–Crippen LogP) is 1.87. The van der Waals surface area contributed by atoms with Gasteiger partial charge in [-0.2, -0.15) is 0 Å². The predicted molar refractivity (Wildman–Crippen MR) is 80.9 cm³/mol. The van der Waals surface area contributed by atoms with Crippen molar-refractivity contribution in [3.63, 3.8) is 0 Å². The first-order valence-corrected chi connectivity index (χ1v) is 6.94. The fourth-order valence-electron chi connectivity index (χ4n) is 2.26. The van der Waals surface area contributed by atoms with E-state index in [2.05, 4.69) is 20.3 Å². The molecule has 1 N–H and O–H groups in total. The van der Waals surface area contributed by atoms with Crippen LogP contribution in [0.3, 0.4) is 0 Å². The highest BCUT2D eigenvalue weighted by Crippen LogP contribution is 2.21. The largest absolute Gasteiger partial charge is 0.337 e. The van der Waals surface area contributed by atoms with Crippen molar-refractivity contribution in [1.29, 1.82) is 0 Å². The van der Waals surface area contributed by atoms with Crippen molar-refractivity contribution in [2.75, 3.05) is 0 Å². The molecule has 3 aromatic rings. The first kappa shape index (κ1) is 14.8. The highest BCUT2D eigenvalue weighted by atomic mass is 19.1. The number of amides is 1. The number of nitrogens with zero attached hydrogens (tertiary/aromatic N) is 4. The summed E-state index contributed by atoms with van der Waals surface area (Å²) in [7, 11) is 1.81. The van der Waals surface area contributed by atoms with E-state index >= 15 is 0 Å². The van der Waals surface area contributed by atoms with Gasteiger partial charge in [0.25, 0.3) is 5.91 Å². The van der Waals surface area contributed by atoms with Crippen molar-refractivity contribution in [2.24, 2.45) is 7.05 Å². The van der Waals surface area contributed by atoms with Crippen molar-refractivity contribution in [3.8, 4) is 0 Å². The molecule has 1 aromatic carbocycles. The Morgan fingerprint density at radius 2 is 2.13 bits per heavy atom. The summed E-state index contributed by atoms with van der Waals surface area (Å²) in [4.78, 5) is 24.5. The van der Waals surface area contributed by atoms with Crippen LogP contribution in [0.25, 0.3) is 0 Å². The van der Waals surface area contributed by atoms with Crippen molar-refractivity contribution in [1.82, 2.24) is 24.8 Å². The molecule has 0 radical (unpaired) electrons. The number of nitrogens with one attached hydrogen (secondary N) is 1. The van der Waals surface area contributed by atoms with E-state index in [0.717, 1.165) is 0 Å². The molecular formula is C16H14FN5O. The van der Waals surface area contributed by atoms with Gasteiger partial charge in [0.1, 0.15) is 23.4 Å². The van der Waals surface area contributed by atoms with E-state index in [4.69, 9.17) is 0 Å². The van der Waals surface area contributed by atoms with E-state index in [9.17, 15) is 9.18 Å². The average molecular weight is 311 g/mol. The van der Waals surface area contributed by atoms with Gasteiger partial charge in [-0.15, -0.1) is 0 Å². The molecule has 1 amide bonds. The van der Waals surface area contributed by atoms with Gasteiger partial charge >= 0.3 is 0 Å². The number of halogens is 1. The summed E-state index contributed by atoms with van der Waals surface area (Å²) in [6.45, 7) is 0. The molecule has 7 heteroatoms. The summed E-state index contributed by atoms with van der Waals surface area (Å²) >= 11 is 0. The maximum absolute atomic E-state index is 13.6. The third-order valence-electron chi connectivity index (χ3n) is 3.37. The zero-order chi connectivity index (χ0) is 16.2. The lowest BCUT2D eigenvalue weighted by Gasteiger charge is -2.19. The van der Waals surface area contributed by atoms with Crippen LogP contribution in [0.5, 0.6) is 0 Å². The Balaban J connectivity index is 1.96. The van der Waals surface area contributed by atoms with Gasteiger partial charge in [-0.25, -0.2) is 14.4 Å². The van der Waals surface area contributed by atoms with Crippen LogP contribution in [0.4, 0.5) is 4.39 Å². The molecule has 23 heavy (non-hydrogen) atoms. The number of carbonyl (C=O) groups is 1. The van der Waals surface area contributed by atoms with E-state index in [0.29, 0.717) is 11.4 Å². The molecule has 0 spiro atoms. The third-order valence-corrected chi connectivity index (χ3v) is 3.37. The molecule has 116 valence electrons. The van der Waals surface area contributed by atoms with E-state index in [1.54, 1.807) is 29.1 Å². The van der Waals surface area contributed by atoms with Gasteiger partial charge in [-0.1, -0.05) is 12.1 Å². The monoisotopic (exact) mass is 311 g/mol. The van der Waals surface area contributed by atoms with Crippen LogP contribution in [0.2, 0.25) is 0 Å². The zero-order valence-corrected chi connectivity index (χ0v) is 12.3. The molecule has 1 atom stereocenters. The fraction of sp³-hybridized carbons (Fsp3) is 0.125. The van der Waals surface area contributed by atoms with Gasteiger partial charge in [0.15, 0.2) is 0 Å². The van der Waals surface area contributed by atoms with Gasteiger partial charge in [-0.3, -0.25) is 9.78 Å². The molecular weight excluding hydrogens is 297 g/mol. The zero-order valence-electron chi connectivity index (χ0n) is 12.3. The minimum absolute atomic E-state index is 0.183. The van der Waals surface area contributed by atoms with Crippen LogP contribution < -0.4 is 5.32 Å². The number of aromatic nitrogens is 4. The molecule has 0 aliphatic rings.